The first-order valence-electron chi connectivity index (χ1n) is 10.6. The van der Waals surface area contributed by atoms with Crippen LogP contribution in [-0.2, 0) is 11.2 Å². The molecule has 1 amide bonds. The van der Waals surface area contributed by atoms with Gasteiger partial charge in [-0.25, -0.2) is 9.97 Å². The number of hydrogen-bond donors (Lipinski definition) is 1. The molecule has 3 rings (SSSR count). The number of carbonyl (C=O) groups excluding carboxylic acids is 1. The molecular weight excluding hydrogens is 364 g/mol. The second-order valence-electron chi connectivity index (χ2n) is 7.71. The van der Waals surface area contributed by atoms with Crippen LogP contribution in [0.5, 0.6) is 0 Å². The minimum absolute atomic E-state index is 0.229. The van der Waals surface area contributed by atoms with Crippen molar-refractivity contribution in [2.24, 2.45) is 5.92 Å². The summed E-state index contributed by atoms with van der Waals surface area (Å²) in [7, 11) is 1.90. The molecule has 7 nitrogen and oxygen atoms in total. The average molecular weight is 397 g/mol. The van der Waals surface area contributed by atoms with Crippen molar-refractivity contribution < 1.29 is 4.79 Å². The Morgan fingerprint density at radius 1 is 1.31 bits per heavy atom. The van der Waals surface area contributed by atoms with Gasteiger partial charge in [-0.2, -0.15) is 0 Å². The lowest BCUT2D eigenvalue weighted by Gasteiger charge is -2.33. The molecular formula is C22H32N6O. The number of nitrogens with zero attached hydrogens (tertiary/aromatic N) is 5. The summed E-state index contributed by atoms with van der Waals surface area (Å²) < 4.78 is 0. The molecule has 2 aromatic rings. The highest BCUT2D eigenvalue weighted by molar-refractivity contribution is 5.75. The second-order valence-corrected chi connectivity index (χ2v) is 7.71. The van der Waals surface area contributed by atoms with Crippen LogP contribution in [0.3, 0.4) is 0 Å². The Hall–Kier alpha value is -2.70. The molecule has 1 aliphatic rings. The maximum Gasteiger partial charge on any atom is 0.222 e. The zero-order valence-electron chi connectivity index (χ0n) is 17.5. The minimum atomic E-state index is 0.229. The highest BCUT2D eigenvalue weighted by atomic mass is 16.2. The van der Waals surface area contributed by atoms with Gasteiger partial charge >= 0.3 is 0 Å². The van der Waals surface area contributed by atoms with Gasteiger partial charge in [-0.05, 0) is 56.2 Å². The average Bonchev–Trinajstić information content (AvgIpc) is 2.77. The number of rotatable bonds is 9. The van der Waals surface area contributed by atoms with Crippen LogP contribution >= 0.6 is 0 Å². The topological polar surface area (TPSA) is 74.2 Å². The van der Waals surface area contributed by atoms with E-state index < -0.39 is 0 Å². The van der Waals surface area contributed by atoms with Gasteiger partial charge in [0.25, 0.3) is 0 Å². The minimum Gasteiger partial charge on any atom is -0.370 e. The van der Waals surface area contributed by atoms with Crippen molar-refractivity contribution in [1.82, 2.24) is 19.9 Å². The molecule has 0 aromatic carbocycles. The normalized spacial score (nSPS) is 16.5. The molecule has 7 heteroatoms. The molecule has 1 fully saturated rings. The van der Waals surface area contributed by atoms with E-state index in [1.165, 1.54) is 12.0 Å². The molecule has 1 N–H and O–H groups in total. The molecule has 0 saturated carbocycles. The summed E-state index contributed by atoms with van der Waals surface area (Å²) >= 11 is 0. The summed E-state index contributed by atoms with van der Waals surface area (Å²) in [5.74, 6) is 2.60. The van der Waals surface area contributed by atoms with Gasteiger partial charge in [0.15, 0.2) is 0 Å². The van der Waals surface area contributed by atoms with Gasteiger partial charge in [0.05, 0.1) is 0 Å². The number of pyridine rings is 1. The molecule has 0 radical (unpaired) electrons. The molecule has 0 aliphatic carbocycles. The number of amides is 1. The molecule has 3 heterocycles. The van der Waals surface area contributed by atoms with Gasteiger partial charge in [0.2, 0.25) is 5.91 Å². The van der Waals surface area contributed by atoms with Gasteiger partial charge in [0.1, 0.15) is 18.0 Å². The smallest absolute Gasteiger partial charge is 0.222 e. The van der Waals surface area contributed by atoms with Gasteiger partial charge < -0.3 is 15.1 Å². The number of piperidine rings is 1. The maximum absolute atomic E-state index is 12.5. The first kappa shape index (κ1) is 21.0. The third-order valence-corrected chi connectivity index (χ3v) is 5.53. The van der Waals surface area contributed by atoms with Gasteiger partial charge in [0, 0.05) is 58.1 Å². The van der Waals surface area contributed by atoms with Crippen LogP contribution in [0.15, 0.2) is 36.9 Å². The third kappa shape index (κ3) is 6.41. The van der Waals surface area contributed by atoms with E-state index in [0.29, 0.717) is 12.3 Å². The van der Waals surface area contributed by atoms with Crippen molar-refractivity contribution in [2.75, 3.05) is 43.4 Å². The Kier molecular flexibility index (Phi) is 7.78. The van der Waals surface area contributed by atoms with E-state index in [0.717, 1.165) is 57.1 Å². The van der Waals surface area contributed by atoms with E-state index in [1.807, 2.05) is 30.1 Å². The SMILES string of the molecule is CCNc1cc(N2CCC[C@H](CCC(=O)N(C)CCc3ccncc3)C2)ncn1. The molecule has 29 heavy (non-hydrogen) atoms. The van der Waals surface area contributed by atoms with Crippen LogP contribution in [0.25, 0.3) is 0 Å². The van der Waals surface area contributed by atoms with Gasteiger partial charge in [-0.3, -0.25) is 9.78 Å². The van der Waals surface area contributed by atoms with Crippen molar-refractivity contribution in [1.29, 1.82) is 0 Å². The number of carbonyl (C=O) groups is 1. The maximum atomic E-state index is 12.5. The Morgan fingerprint density at radius 2 is 2.14 bits per heavy atom. The van der Waals surface area contributed by atoms with Gasteiger partial charge in [-0.15, -0.1) is 0 Å². The van der Waals surface area contributed by atoms with Crippen molar-refractivity contribution >= 4 is 17.5 Å². The quantitative estimate of drug-likeness (QED) is 0.702. The van der Waals surface area contributed by atoms with Crippen molar-refractivity contribution in [3.05, 3.63) is 42.5 Å². The molecule has 1 saturated heterocycles. The lowest BCUT2D eigenvalue weighted by atomic mass is 9.93. The Morgan fingerprint density at radius 3 is 2.93 bits per heavy atom. The Labute approximate surface area is 173 Å². The number of hydrogen-bond acceptors (Lipinski definition) is 6. The van der Waals surface area contributed by atoms with Gasteiger partial charge in [-0.1, -0.05) is 0 Å². The summed E-state index contributed by atoms with van der Waals surface area (Å²) in [5.41, 5.74) is 1.21. The summed E-state index contributed by atoms with van der Waals surface area (Å²) in [6.45, 7) is 5.61. The Balaban J connectivity index is 1.45. The highest BCUT2D eigenvalue weighted by Gasteiger charge is 2.22. The van der Waals surface area contributed by atoms with Crippen LogP contribution in [-0.4, -0.2) is 59.0 Å². The van der Waals surface area contributed by atoms with Crippen LogP contribution in [0.4, 0.5) is 11.6 Å². The summed E-state index contributed by atoms with van der Waals surface area (Å²) in [6, 6.07) is 6.02. The Bertz CT molecular complexity index is 769. The highest BCUT2D eigenvalue weighted by Crippen LogP contribution is 2.25. The molecule has 156 valence electrons. The van der Waals surface area contributed by atoms with E-state index in [4.69, 9.17) is 0 Å². The zero-order valence-corrected chi connectivity index (χ0v) is 17.5. The summed E-state index contributed by atoms with van der Waals surface area (Å²) in [4.78, 5) is 29.5. The molecule has 0 unspecified atom stereocenters. The van der Waals surface area contributed by atoms with E-state index in [9.17, 15) is 4.79 Å². The number of likely N-dealkylation sites (N-methyl/N-ethyl adjacent to an activating group) is 1. The van der Waals surface area contributed by atoms with Crippen molar-refractivity contribution in [2.45, 2.75) is 39.0 Å². The number of nitrogens with one attached hydrogen (secondary N) is 1. The molecule has 1 atom stereocenters. The van der Waals surface area contributed by atoms with E-state index >= 15 is 0 Å². The van der Waals surface area contributed by atoms with E-state index in [1.54, 1.807) is 18.7 Å². The zero-order chi connectivity index (χ0) is 20.5. The lowest BCUT2D eigenvalue weighted by Crippen LogP contribution is -2.37. The summed E-state index contributed by atoms with van der Waals surface area (Å²) in [6.07, 6.45) is 9.93. The number of aromatic nitrogens is 3. The standard InChI is InChI=1S/C22H32N6O/c1-3-24-20-15-21(26-17-25-20)28-13-4-5-19(16-28)6-7-22(29)27(2)14-10-18-8-11-23-12-9-18/h8-9,11-12,15,17,19H,3-7,10,13-14,16H2,1-2H3,(H,24,25,26)/t19-/m1/s1. The van der Waals surface area contributed by atoms with Crippen LogP contribution in [0, 0.1) is 5.92 Å². The van der Waals surface area contributed by atoms with E-state index in [2.05, 4.69) is 32.1 Å². The fourth-order valence-corrected chi connectivity index (χ4v) is 3.80. The monoisotopic (exact) mass is 396 g/mol. The third-order valence-electron chi connectivity index (χ3n) is 5.53. The fourth-order valence-electron chi connectivity index (χ4n) is 3.80. The van der Waals surface area contributed by atoms with E-state index in [-0.39, 0.29) is 5.91 Å². The first-order chi connectivity index (χ1) is 14.2. The molecule has 1 aliphatic heterocycles. The number of anilines is 2. The molecule has 0 spiro atoms. The van der Waals surface area contributed by atoms with Crippen LogP contribution in [0.2, 0.25) is 0 Å². The largest absolute Gasteiger partial charge is 0.370 e. The fraction of sp³-hybridized carbons (Fsp3) is 0.545. The molecule has 2 aromatic heterocycles. The second kappa shape index (κ2) is 10.7. The van der Waals surface area contributed by atoms with Crippen molar-refractivity contribution in [3.8, 4) is 0 Å². The van der Waals surface area contributed by atoms with Crippen molar-refractivity contribution in [3.63, 3.8) is 0 Å². The summed E-state index contributed by atoms with van der Waals surface area (Å²) in [5, 5.41) is 3.24. The predicted octanol–water partition coefficient (Wildman–Crippen LogP) is 3.00. The first-order valence-corrected chi connectivity index (χ1v) is 10.6. The van der Waals surface area contributed by atoms with Crippen LogP contribution < -0.4 is 10.2 Å². The molecule has 0 bridgehead atoms. The lowest BCUT2D eigenvalue weighted by molar-refractivity contribution is -0.130. The van der Waals surface area contributed by atoms with Crippen LogP contribution in [0.1, 0.15) is 38.2 Å². The predicted molar refractivity (Wildman–Crippen MR) is 116 cm³/mol.